The van der Waals surface area contributed by atoms with Crippen LogP contribution in [0.3, 0.4) is 0 Å². The minimum Gasteiger partial charge on any atom is -0.508 e. The number of nitrogens with zero attached hydrogens (tertiary/aromatic N) is 1. The number of halogens is 1. The molecule has 128 valence electrons. The van der Waals surface area contributed by atoms with Gasteiger partial charge in [-0.25, -0.2) is 4.39 Å². The Balaban J connectivity index is 1.78. The minimum absolute atomic E-state index is 0.0722. The molecule has 1 aromatic heterocycles. The highest BCUT2D eigenvalue weighted by atomic mass is 19.1. The number of carbonyl (C=O) groups excluding carboxylic acids is 1. The Kier molecular flexibility index (Phi) is 4.81. The van der Waals surface area contributed by atoms with Crippen LogP contribution in [-0.4, -0.2) is 11.0 Å². The lowest BCUT2D eigenvalue weighted by atomic mass is 10.2. The van der Waals surface area contributed by atoms with Gasteiger partial charge in [-0.05, 0) is 60.7 Å². The second-order valence-corrected chi connectivity index (χ2v) is 5.38. The molecule has 6 heteroatoms. The SMILES string of the molecule is N#C/C(=C\c1ccc(-c2ccc(F)cc2)o1)C(=O)Nc1ccc(O)cc1. The van der Waals surface area contributed by atoms with E-state index in [1.54, 1.807) is 24.3 Å². The topological polar surface area (TPSA) is 86.3 Å². The van der Waals surface area contributed by atoms with Gasteiger partial charge in [-0.15, -0.1) is 0 Å². The maximum absolute atomic E-state index is 13.0. The number of amides is 1. The molecule has 0 spiro atoms. The Labute approximate surface area is 148 Å². The molecule has 26 heavy (non-hydrogen) atoms. The minimum atomic E-state index is -0.599. The second-order valence-electron chi connectivity index (χ2n) is 5.38. The first kappa shape index (κ1) is 17.0. The molecular formula is C20H13FN2O3. The largest absolute Gasteiger partial charge is 0.508 e. The second kappa shape index (κ2) is 7.36. The van der Waals surface area contributed by atoms with Crippen molar-refractivity contribution >= 4 is 17.7 Å². The maximum atomic E-state index is 13.0. The molecule has 0 aliphatic heterocycles. The highest BCUT2D eigenvalue weighted by molar-refractivity contribution is 6.09. The number of aromatic hydroxyl groups is 1. The van der Waals surface area contributed by atoms with Crippen molar-refractivity contribution in [2.75, 3.05) is 5.32 Å². The smallest absolute Gasteiger partial charge is 0.266 e. The third-order valence-electron chi connectivity index (χ3n) is 3.53. The van der Waals surface area contributed by atoms with E-state index in [0.717, 1.165) is 0 Å². The number of furan rings is 1. The summed E-state index contributed by atoms with van der Waals surface area (Å²) in [5.74, 6) is -0.0619. The molecule has 0 bridgehead atoms. The molecule has 2 aromatic carbocycles. The highest BCUT2D eigenvalue weighted by Crippen LogP contribution is 2.24. The van der Waals surface area contributed by atoms with E-state index in [1.165, 1.54) is 42.5 Å². The molecule has 0 aliphatic rings. The lowest BCUT2D eigenvalue weighted by Gasteiger charge is -2.03. The number of anilines is 1. The molecule has 1 heterocycles. The zero-order chi connectivity index (χ0) is 18.5. The van der Waals surface area contributed by atoms with Crippen LogP contribution in [0.4, 0.5) is 10.1 Å². The van der Waals surface area contributed by atoms with Gasteiger partial charge in [0.15, 0.2) is 0 Å². The zero-order valence-electron chi connectivity index (χ0n) is 13.4. The van der Waals surface area contributed by atoms with Crippen LogP contribution < -0.4 is 5.32 Å². The third kappa shape index (κ3) is 3.97. The van der Waals surface area contributed by atoms with Crippen LogP contribution >= 0.6 is 0 Å². The van der Waals surface area contributed by atoms with E-state index < -0.39 is 5.91 Å². The normalized spacial score (nSPS) is 11.0. The molecule has 3 aromatic rings. The molecule has 0 saturated heterocycles. The molecule has 0 aliphatic carbocycles. The Morgan fingerprint density at radius 1 is 1.08 bits per heavy atom. The summed E-state index contributed by atoms with van der Waals surface area (Å²) in [5.41, 5.74) is 0.983. The summed E-state index contributed by atoms with van der Waals surface area (Å²) < 4.78 is 18.6. The number of rotatable bonds is 4. The lowest BCUT2D eigenvalue weighted by Crippen LogP contribution is -2.13. The van der Waals surface area contributed by atoms with Crippen LogP contribution in [0.25, 0.3) is 17.4 Å². The number of carbonyl (C=O) groups is 1. The van der Waals surface area contributed by atoms with Crippen molar-refractivity contribution in [3.05, 3.63) is 77.8 Å². The summed E-state index contributed by atoms with van der Waals surface area (Å²) in [6, 6.07) is 16.8. The highest BCUT2D eigenvalue weighted by Gasteiger charge is 2.11. The van der Waals surface area contributed by atoms with E-state index in [1.807, 2.05) is 6.07 Å². The zero-order valence-corrected chi connectivity index (χ0v) is 13.4. The van der Waals surface area contributed by atoms with E-state index in [-0.39, 0.29) is 17.1 Å². The molecule has 0 fully saturated rings. The van der Waals surface area contributed by atoms with Gasteiger partial charge < -0.3 is 14.8 Å². The number of hydrogen-bond donors (Lipinski definition) is 2. The lowest BCUT2D eigenvalue weighted by molar-refractivity contribution is -0.112. The number of phenols is 1. The standard InChI is InChI=1S/C20H13FN2O3/c21-15-3-1-13(2-4-15)19-10-9-18(26-19)11-14(12-22)20(25)23-16-5-7-17(24)8-6-16/h1-11,24H,(H,23,25)/b14-11+. The van der Waals surface area contributed by atoms with Gasteiger partial charge in [0.1, 0.15) is 34.7 Å². The average Bonchev–Trinajstić information content (AvgIpc) is 3.11. The van der Waals surface area contributed by atoms with Crippen molar-refractivity contribution in [1.82, 2.24) is 0 Å². The molecule has 0 atom stereocenters. The van der Waals surface area contributed by atoms with Crippen LogP contribution in [-0.2, 0) is 4.79 Å². The van der Waals surface area contributed by atoms with E-state index in [0.29, 0.717) is 22.8 Å². The van der Waals surface area contributed by atoms with Gasteiger partial charge in [-0.2, -0.15) is 5.26 Å². The maximum Gasteiger partial charge on any atom is 0.266 e. The fourth-order valence-corrected chi connectivity index (χ4v) is 2.23. The van der Waals surface area contributed by atoms with E-state index in [2.05, 4.69) is 5.32 Å². The molecule has 1 amide bonds. The van der Waals surface area contributed by atoms with E-state index >= 15 is 0 Å². The van der Waals surface area contributed by atoms with Gasteiger partial charge in [0.25, 0.3) is 5.91 Å². The predicted octanol–water partition coefficient (Wildman–Crippen LogP) is 4.34. The Morgan fingerprint density at radius 2 is 1.77 bits per heavy atom. The fraction of sp³-hybridized carbons (Fsp3) is 0. The van der Waals surface area contributed by atoms with Crippen molar-refractivity contribution < 1.29 is 18.7 Å². The van der Waals surface area contributed by atoms with Crippen molar-refractivity contribution in [3.63, 3.8) is 0 Å². The van der Waals surface area contributed by atoms with Crippen LogP contribution in [0.15, 0.2) is 70.7 Å². The Bertz CT molecular complexity index is 997. The number of benzene rings is 2. The van der Waals surface area contributed by atoms with Crippen molar-refractivity contribution in [2.24, 2.45) is 0 Å². The molecule has 5 nitrogen and oxygen atoms in total. The van der Waals surface area contributed by atoms with Crippen LogP contribution in [0.5, 0.6) is 5.75 Å². The molecule has 0 saturated carbocycles. The van der Waals surface area contributed by atoms with Crippen molar-refractivity contribution in [2.45, 2.75) is 0 Å². The van der Waals surface area contributed by atoms with Gasteiger partial charge in [-0.3, -0.25) is 4.79 Å². The monoisotopic (exact) mass is 348 g/mol. The summed E-state index contributed by atoms with van der Waals surface area (Å²) in [5, 5.41) is 21.0. The first-order valence-corrected chi connectivity index (χ1v) is 7.63. The summed E-state index contributed by atoms with van der Waals surface area (Å²) in [4.78, 5) is 12.2. The van der Waals surface area contributed by atoms with Crippen LogP contribution in [0, 0.1) is 17.1 Å². The summed E-state index contributed by atoms with van der Waals surface area (Å²) >= 11 is 0. The first-order valence-electron chi connectivity index (χ1n) is 7.63. The summed E-state index contributed by atoms with van der Waals surface area (Å²) in [6.45, 7) is 0. The van der Waals surface area contributed by atoms with Gasteiger partial charge in [-0.1, -0.05) is 0 Å². The van der Waals surface area contributed by atoms with E-state index in [4.69, 9.17) is 4.42 Å². The van der Waals surface area contributed by atoms with Gasteiger partial charge in [0.2, 0.25) is 0 Å². The van der Waals surface area contributed by atoms with E-state index in [9.17, 15) is 19.6 Å². The van der Waals surface area contributed by atoms with Crippen LogP contribution in [0.2, 0.25) is 0 Å². The summed E-state index contributed by atoms with van der Waals surface area (Å²) in [7, 11) is 0. The first-order chi connectivity index (χ1) is 12.5. The third-order valence-corrected chi connectivity index (χ3v) is 3.53. The number of nitrogens with one attached hydrogen (secondary N) is 1. The predicted molar refractivity (Wildman–Crippen MR) is 94.4 cm³/mol. The Hall–Kier alpha value is -3.85. The molecule has 0 radical (unpaired) electrons. The molecule has 0 unspecified atom stereocenters. The quantitative estimate of drug-likeness (QED) is 0.417. The van der Waals surface area contributed by atoms with Crippen molar-refractivity contribution in [3.8, 4) is 23.1 Å². The fourth-order valence-electron chi connectivity index (χ4n) is 2.23. The molecular weight excluding hydrogens is 335 g/mol. The van der Waals surface area contributed by atoms with Gasteiger partial charge in [0, 0.05) is 17.3 Å². The average molecular weight is 348 g/mol. The van der Waals surface area contributed by atoms with Gasteiger partial charge in [0.05, 0.1) is 0 Å². The molecule has 3 rings (SSSR count). The Morgan fingerprint density at radius 3 is 2.42 bits per heavy atom. The number of phenolic OH excluding ortho intramolecular Hbond substituents is 1. The number of hydrogen-bond acceptors (Lipinski definition) is 4. The van der Waals surface area contributed by atoms with Crippen LogP contribution in [0.1, 0.15) is 5.76 Å². The molecule has 2 N–H and O–H groups in total. The van der Waals surface area contributed by atoms with Gasteiger partial charge >= 0.3 is 0 Å². The number of nitriles is 1. The van der Waals surface area contributed by atoms with Crippen molar-refractivity contribution in [1.29, 1.82) is 5.26 Å². The summed E-state index contributed by atoms with van der Waals surface area (Å²) in [6.07, 6.45) is 1.32.